The second-order valence-electron chi connectivity index (χ2n) is 6.20. The van der Waals surface area contributed by atoms with Gasteiger partial charge in [0.25, 0.3) is 5.01 Å². The van der Waals surface area contributed by atoms with Gasteiger partial charge in [0.05, 0.1) is 5.69 Å². The van der Waals surface area contributed by atoms with Crippen molar-refractivity contribution in [2.75, 3.05) is 11.9 Å². The van der Waals surface area contributed by atoms with Gasteiger partial charge in [-0.25, -0.2) is 0 Å². The van der Waals surface area contributed by atoms with Gasteiger partial charge in [-0.05, 0) is 31.2 Å². The first-order valence-corrected chi connectivity index (χ1v) is 10.1. The van der Waals surface area contributed by atoms with E-state index < -0.39 is 0 Å². The van der Waals surface area contributed by atoms with Crippen LogP contribution in [0, 0.1) is 0 Å². The molecular weight excluding hydrogens is 344 g/mol. The van der Waals surface area contributed by atoms with E-state index in [0.717, 1.165) is 0 Å². The molecular formula is C21H21N2S2+. The highest BCUT2D eigenvalue weighted by atomic mass is 32.2. The molecule has 2 aromatic carbocycles. The summed E-state index contributed by atoms with van der Waals surface area (Å²) in [5.41, 5.74) is 3.91. The van der Waals surface area contributed by atoms with Crippen molar-refractivity contribution in [1.82, 2.24) is 0 Å². The summed E-state index contributed by atoms with van der Waals surface area (Å²) in [5.74, 6) is 0. The lowest BCUT2D eigenvalue weighted by Gasteiger charge is -2.33. The molecule has 0 saturated heterocycles. The molecule has 4 heteroatoms. The quantitative estimate of drug-likeness (QED) is 0.572. The van der Waals surface area contributed by atoms with E-state index in [4.69, 9.17) is 0 Å². The molecule has 1 aliphatic rings. The molecule has 3 aromatic rings. The van der Waals surface area contributed by atoms with Gasteiger partial charge in [-0.1, -0.05) is 41.7 Å². The molecule has 1 atom stereocenters. The highest BCUT2D eigenvalue weighted by Crippen LogP contribution is 2.42. The van der Waals surface area contributed by atoms with E-state index in [-0.39, 0.29) is 0 Å². The second-order valence-corrected chi connectivity index (χ2v) is 8.65. The van der Waals surface area contributed by atoms with E-state index in [1.807, 2.05) is 23.1 Å². The Morgan fingerprint density at radius 1 is 1.08 bits per heavy atom. The predicted octanol–water partition coefficient (Wildman–Crippen LogP) is 5.25. The number of aryl methyl sites for hydroxylation is 1. The van der Waals surface area contributed by atoms with E-state index in [9.17, 15) is 0 Å². The summed E-state index contributed by atoms with van der Waals surface area (Å²) in [6.45, 7) is 2.27. The SMILES string of the molecule is CC1Sc2ccccc2N(C)/C1=C/C=C/c1sc2ccccc2[n+]1C. The van der Waals surface area contributed by atoms with Crippen LogP contribution < -0.4 is 9.47 Å². The first-order chi connectivity index (χ1) is 12.1. The van der Waals surface area contributed by atoms with Gasteiger partial charge in [-0.2, -0.15) is 4.57 Å². The maximum atomic E-state index is 2.31. The van der Waals surface area contributed by atoms with Crippen molar-refractivity contribution in [3.8, 4) is 0 Å². The number of nitrogens with zero attached hydrogens (tertiary/aromatic N) is 2. The number of hydrogen-bond donors (Lipinski definition) is 0. The van der Waals surface area contributed by atoms with Crippen LogP contribution in [-0.2, 0) is 7.05 Å². The largest absolute Gasteiger partial charge is 0.346 e. The maximum Gasteiger partial charge on any atom is 0.262 e. The third kappa shape index (κ3) is 3.00. The monoisotopic (exact) mass is 365 g/mol. The summed E-state index contributed by atoms with van der Waals surface area (Å²) >= 11 is 3.76. The molecule has 0 fully saturated rings. The molecule has 0 saturated carbocycles. The van der Waals surface area contributed by atoms with Crippen LogP contribution in [0.2, 0.25) is 0 Å². The number of thiazole rings is 1. The van der Waals surface area contributed by atoms with Crippen LogP contribution in [0.1, 0.15) is 11.9 Å². The van der Waals surface area contributed by atoms with Gasteiger partial charge in [0.2, 0.25) is 5.52 Å². The third-order valence-corrected chi connectivity index (χ3v) is 6.99. The third-order valence-electron chi connectivity index (χ3n) is 4.61. The predicted molar refractivity (Wildman–Crippen MR) is 110 cm³/mol. The summed E-state index contributed by atoms with van der Waals surface area (Å²) in [4.78, 5) is 3.67. The van der Waals surface area contributed by atoms with Crippen molar-refractivity contribution >= 4 is 45.1 Å². The first-order valence-electron chi connectivity index (χ1n) is 8.40. The number of thioether (sulfide) groups is 1. The molecule has 0 amide bonds. The van der Waals surface area contributed by atoms with Crippen molar-refractivity contribution in [1.29, 1.82) is 0 Å². The molecule has 0 aliphatic carbocycles. The van der Waals surface area contributed by atoms with E-state index in [2.05, 4.69) is 97.2 Å². The zero-order valence-electron chi connectivity index (χ0n) is 14.6. The molecule has 25 heavy (non-hydrogen) atoms. The van der Waals surface area contributed by atoms with E-state index in [0.29, 0.717) is 5.25 Å². The number of aromatic nitrogens is 1. The van der Waals surface area contributed by atoms with Crippen LogP contribution in [0.3, 0.4) is 0 Å². The van der Waals surface area contributed by atoms with Crippen LogP contribution in [0.4, 0.5) is 5.69 Å². The number of anilines is 1. The normalized spacial score (nSPS) is 19.1. The molecule has 4 rings (SSSR count). The highest BCUT2D eigenvalue weighted by molar-refractivity contribution is 8.00. The first kappa shape index (κ1) is 16.4. The Hall–Kier alpha value is -2.04. The molecule has 0 N–H and O–H groups in total. The molecule has 0 spiro atoms. The maximum absolute atomic E-state index is 2.31. The number of rotatable bonds is 2. The number of allylic oxidation sites excluding steroid dienone is 2. The lowest BCUT2D eigenvalue weighted by Crippen LogP contribution is -2.28. The summed E-state index contributed by atoms with van der Waals surface area (Å²) in [7, 11) is 4.29. The Morgan fingerprint density at radius 3 is 2.68 bits per heavy atom. The van der Waals surface area contributed by atoms with Crippen LogP contribution in [0.25, 0.3) is 16.3 Å². The van der Waals surface area contributed by atoms with Crippen LogP contribution in [-0.4, -0.2) is 12.3 Å². The number of para-hydroxylation sites is 2. The van der Waals surface area contributed by atoms with Crippen molar-refractivity contribution < 1.29 is 4.57 Å². The average molecular weight is 366 g/mol. The molecule has 0 radical (unpaired) electrons. The van der Waals surface area contributed by atoms with E-state index in [1.54, 1.807) is 0 Å². The smallest absolute Gasteiger partial charge is 0.262 e. The van der Waals surface area contributed by atoms with Gasteiger partial charge in [0, 0.05) is 35.0 Å². The van der Waals surface area contributed by atoms with Crippen molar-refractivity contribution in [3.05, 3.63) is 71.4 Å². The Labute approximate surface area is 157 Å². The van der Waals surface area contributed by atoms with Gasteiger partial charge < -0.3 is 4.90 Å². The minimum absolute atomic E-state index is 0.445. The Balaban J connectivity index is 1.64. The minimum atomic E-state index is 0.445. The number of fused-ring (bicyclic) bond motifs is 2. The summed E-state index contributed by atoms with van der Waals surface area (Å²) in [6.07, 6.45) is 6.64. The fourth-order valence-corrected chi connectivity index (χ4v) is 5.52. The molecule has 2 heterocycles. The van der Waals surface area contributed by atoms with Gasteiger partial charge in [0.1, 0.15) is 11.7 Å². The van der Waals surface area contributed by atoms with Crippen molar-refractivity contribution in [2.24, 2.45) is 7.05 Å². The lowest BCUT2D eigenvalue weighted by molar-refractivity contribution is -0.642. The fraction of sp³-hybridized carbons (Fsp3) is 0.190. The molecule has 2 nitrogen and oxygen atoms in total. The van der Waals surface area contributed by atoms with Crippen molar-refractivity contribution in [2.45, 2.75) is 17.1 Å². The summed E-state index contributed by atoms with van der Waals surface area (Å²) < 4.78 is 3.58. The number of hydrogen-bond acceptors (Lipinski definition) is 3. The number of benzene rings is 2. The molecule has 126 valence electrons. The average Bonchev–Trinajstić information content (AvgIpc) is 2.94. The van der Waals surface area contributed by atoms with E-state index in [1.165, 1.54) is 31.5 Å². The molecule has 0 bridgehead atoms. The van der Waals surface area contributed by atoms with E-state index >= 15 is 0 Å². The topological polar surface area (TPSA) is 7.12 Å². The van der Waals surface area contributed by atoms with Gasteiger partial charge in [0.15, 0.2) is 0 Å². The fourth-order valence-electron chi connectivity index (χ4n) is 3.24. The van der Waals surface area contributed by atoms with Crippen LogP contribution in [0.5, 0.6) is 0 Å². The molecule has 1 unspecified atom stereocenters. The Bertz CT molecular complexity index is 984. The Kier molecular flexibility index (Phi) is 4.40. The van der Waals surface area contributed by atoms with Crippen LogP contribution in [0.15, 0.2) is 71.3 Å². The second kappa shape index (κ2) is 6.70. The molecule has 1 aromatic heterocycles. The minimum Gasteiger partial charge on any atom is -0.346 e. The summed E-state index contributed by atoms with van der Waals surface area (Å²) in [6, 6.07) is 17.2. The highest BCUT2D eigenvalue weighted by Gasteiger charge is 2.24. The summed E-state index contributed by atoms with van der Waals surface area (Å²) in [5, 5.41) is 1.71. The lowest BCUT2D eigenvalue weighted by atomic mass is 10.2. The van der Waals surface area contributed by atoms with Crippen molar-refractivity contribution in [3.63, 3.8) is 0 Å². The standard InChI is InChI=1S/C21H21N2S2/c1-15-16(22(2)17-9-4-6-12-19(17)24-15)11-8-14-21-23(3)18-10-5-7-13-20(18)25-21/h4-15H,1-3H3/q+1. The Morgan fingerprint density at radius 2 is 1.84 bits per heavy atom. The zero-order valence-corrected chi connectivity index (χ0v) is 16.3. The van der Waals surface area contributed by atoms with Crippen LogP contribution >= 0.6 is 23.1 Å². The van der Waals surface area contributed by atoms with Gasteiger partial charge in [-0.15, -0.1) is 11.8 Å². The molecule has 1 aliphatic heterocycles. The zero-order chi connectivity index (χ0) is 17.4. The van der Waals surface area contributed by atoms with Gasteiger partial charge >= 0.3 is 0 Å². The van der Waals surface area contributed by atoms with Gasteiger partial charge in [-0.3, -0.25) is 0 Å².